The number of aliphatic carboxylic acids is 1. The Balaban J connectivity index is 1.73. The molecule has 1 aromatic carbocycles. The Labute approximate surface area is 121 Å². The summed E-state index contributed by atoms with van der Waals surface area (Å²) in [5, 5.41) is 12.1. The molecule has 0 spiro atoms. The van der Waals surface area contributed by atoms with Gasteiger partial charge in [-0.3, -0.25) is 9.59 Å². The molecule has 0 heterocycles. The summed E-state index contributed by atoms with van der Waals surface area (Å²) in [6.07, 6.45) is 0.218. The largest absolute Gasteiger partial charge is 0.489 e. The first-order valence-corrected chi connectivity index (χ1v) is 6.78. The van der Waals surface area contributed by atoms with Crippen molar-refractivity contribution in [2.24, 2.45) is 11.8 Å². The first-order chi connectivity index (χ1) is 9.47. The number of nitrogens with one attached hydrogen (secondary N) is 1. The van der Waals surface area contributed by atoms with Crippen LogP contribution in [0.3, 0.4) is 0 Å². The smallest absolute Gasteiger partial charge is 0.307 e. The van der Waals surface area contributed by atoms with Crippen LogP contribution in [0.2, 0.25) is 5.02 Å². The topological polar surface area (TPSA) is 75.6 Å². The van der Waals surface area contributed by atoms with Crippen molar-refractivity contribution in [3.8, 4) is 5.75 Å². The molecule has 1 amide bonds. The molecular weight excluding hydrogens is 282 g/mol. The van der Waals surface area contributed by atoms with Crippen LogP contribution in [0.1, 0.15) is 13.3 Å². The third-order valence-corrected chi connectivity index (χ3v) is 3.41. The van der Waals surface area contributed by atoms with Crippen molar-refractivity contribution in [1.82, 2.24) is 5.32 Å². The number of carboxylic acids is 1. The molecule has 0 aliphatic heterocycles. The quantitative estimate of drug-likeness (QED) is 0.841. The third kappa shape index (κ3) is 3.87. The van der Waals surface area contributed by atoms with E-state index in [1.165, 1.54) is 0 Å². The van der Waals surface area contributed by atoms with E-state index in [2.05, 4.69) is 5.32 Å². The summed E-state index contributed by atoms with van der Waals surface area (Å²) in [6.45, 7) is 2.17. The van der Waals surface area contributed by atoms with Crippen LogP contribution in [0.4, 0.5) is 0 Å². The lowest BCUT2D eigenvalue weighted by molar-refractivity contribution is -0.140. The number of rotatable bonds is 6. The molecule has 2 N–H and O–H groups in total. The summed E-state index contributed by atoms with van der Waals surface area (Å²) in [7, 11) is 0. The van der Waals surface area contributed by atoms with Crippen molar-refractivity contribution in [3.05, 3.63) is 29.3 Å². The number of amides is 1. The van der Waals surface area contributed by atoms with Gasteiger partial charge in [-0.1, -0.05) is 11.6 Å². The molecule has 1 aliphatic rings. The van der Waals surface area contributed by atoms with Gasteiger partial charge < -0.3 is 15.2 Å². The molecule has 1 aromatic rings. The van der Waals surface area contributed by atoms with Crippen LogP contribution < -0.4 is 10.1 Å². The van der Waals surface area contributed by atoms with Crippen molar-refractivity contribution in [3.63, 3.8) is 0 Å². The molecule has 108 valence electrons. The van der Waals surface area contributed by atoms with Gasteiger partial charge in [-0.2, -0.15) is 0 Å². The number of ether oxygens (including phenoxy) is 1. The van der Waals surface area contributed by atoms with Gasteiger partial charge in [0.2, 0.25) is 5.91 Å². The minimum absolute atomic E-state index is 0.206. The molecule has 0 saturated heterocycles. The molecule has 1 saturated carbocycles. The third-order valence-electron chi connectivity index (χ3n) is 3.16. The summed E-state index contributed by atoms with van der Waals surface area (Å²) < 4.78 is 5.60. The SMILES string of the molecule is CC(CNC(=O)C1CC1C(=O)O)Oc1ccc(Cl)cc1. The predicted octanol–water partition coefficient (Wildman–Crippen LogP) is 1.94. The van der Waals surface area contributed by atoms with E-state index in [-0.39, 0.29) is 12.0 Å². The van der Waals surface area contributed by atoms with Gasteiger partial charge in [0.15, 0.2) is 0 Å². The molecule has 3 unspecified atom stereocenters. The summed E-state index contributed by atoms with van der Waals surface area (Å²) in [4.78, 5) is 22.3. The summed E-state index contributed by atoms with van der Waals surface area (Å²) in [5.41, 5.74) is 0. The average molecular weight is 298 g/mol. The molecular formula is C14H16ClNO4. The van der Waals surface area contributed by atoms with Crippen LogP contribution >= 0.6 is 11.6 Å². The van der Waals surface area contributed by atoms with E-state index in [0.717, 1.165) is 0 Å². The zero-order valence-electron chi connectivity index (χ0n) is 11.0. The Morgan fingerprint density at radius 2 is 2.05 bits per heavy atom. The Morgan fingerprint density at radius 3 is 2.60 bits per heavy atom. The Morgan fingerprint density at radius 1 is 1.40 bits per heavy atom. The molecule has 20 heavy (non-hydrogen) atoms. The van der Waals surface area contributed by atoms with Gasteiger partial charge in [0, 0.05) is 5.02 Å². The summed E-state index contributed by atoms with van der Waals surface area (Å²) >= 11 is 5.77. The van der Waals surface area contributed by atoms with Gasteiger partial charge >= 0.3 is 5.97 Å². The predicted molar refractivity (Wildman–Crippen MR) is 73.8 cm³/mol. The number of hydrogen-bond acceptors (Lipinski definition) is 3. The maximum absolute atomic E-state index is 11.7. The number of carboxylic acid groups (broad SMARTS) is 1. The first kappa shape index (κ1) is 14.7. The zero-order valence-corrected chi connectivity index (χ0v) is 11.8. The highest BCUT2D eigenvalue weighted by molar-refractivity contribution is 6.30. The number of halogens is 1. The maximum atomic E-state index is 11.7. The second-order valence-electron chi connectivity index (χ2n) is 4.91. The van der Waals surface area contributed by atoms with E-state index >= 15 is 0 Å². The van der Waals surface area contributed by atoms with Gasteiger partial charge in [-0.25, -0.2) is 0 Å². The molecule has 2 rings (SSSR count). The van der Waals surface area contributed by atoms with E-state index < -0.39 is 17.8 Å². The van der Waals surface area contributed by atoms with Crippen molar-refractivity contribution in [2.45, 2.75) is 19.4 Å². The maximum Gasteiger partial charge on any atom is 0.307 e. The molecule has 5 nitrogen and oxygen atoms in total. The van der Waals surface area contributed by atoms with Crippen LogP contribution in [0.25, 0.3) is 0 Å². The minimum atomic E-state index is -0.907. The fraction of sp³-hybridized carbons (Fsp3) is 0.429. The Kier molecular flexibility index (Phi) is 4.49. The number of carbonyl (C=O) groups excluding carboxylic acids is 1. The summed E-state index contributed by atoms with van der Waals surface area (Å²) in [6, 6.07) is 6.96. The lowest BCUT2D eigenvalue weighted by atomic mass is 10.3. The minimum Gasteiger partial charge on any atom is -0.489 e. The second kappa shape index (κ2) is 6.13. The normalized spacial score (nSPS) is 21.9. The number of benzene rings is 1. The molecule has 6 heteroatoms. The van der Waals surface area contributed by atoms with Gasteiger partial charge in [0.1, 0.15) is 11.9 Å². The van der Waals surface area contributed by atoms with Crippen molar-refractivity contribution >= 4 is 23.5 Å². The van der Waals surface area contributed by atoms with Gasteiger partial charge in [0.25, 0.3) is 0 Å². The Bertz CT molecular complexity index is 502. The molecule has 3 atom stereocenters. The van der Waals surface area contributed by atoms with Crippen molar-refractivity contribution < 1.29 is 19.4 Å². The van der Waals surface area contributed by atoms with Crippen LogP contribution in [-0.4, -0.2) is 29.6 Å². The van der Waals surface area contributed by atoms with E-state index in [1.807, 2.05) is 6.92 Å². The Hall–Kier alpha value is -1.75. The molecule has 1 aliphatic carbocycles. The van der Waals surface area contributed by atoms with E-state index in [4.69, 9.17) is 21.4 Å². The average Bonchev–Trinajstić information content (AvgIpc) is 3.19. The monoisotopic (exact) mass is 297 g/mol. The van der Waals surface area contributed by atoms with Crippen LogP contribution in [0.5, 0.6) is 5.75 Å². The van der Waals surface area contributed by atoms with Gasteiger partial charge in [-0.05, 0) is 37.6 Å². The van der Waals surface area contributed by atoms with Crippen LogP contribution in [0.15, 0.2) is 24.3 Å². The van der Waals surface area contributed by atoms with Crippen molar-refractivity contribution in [1.29, 1.82) is 0 Å². The summed E-state index contributed by atoms with van der Waals surface area (Å²) in [5.74, 6) is -1.37. The molecule has 0 radical (unpaired) electrons. The van der Waals surface area contributed by atoms with Crippen LogP contribution in [0, 0.1) is 11.8 Å². The van der Waals surface area contributed by atoms with Crippen LogP contribution in [-0.2, 0) is 9.59 Å². The highest BCUT2D eigenvalue weighted by Gasteiger charge is 2.48. The highest BCUT2D eigenvalue weighted by Crippen LogP contribution is 2.38. The fourth-order valence-corrected chi connectivity index (χ4v) is 2.05. The van der Waals surface area contributed by atoms with E-state index in [0.29, 0.717) is 23.7 Å². The molecule has 0 bridgehead atoms. The van der Waals surface area contributed by atoms with Gasteiger partial charge in [-0.15, -0.1) is 0 Å². The lowest BCUT2D eigenvalue weighted by Crippen LogP contribution is -2.35. The number of hydrogen-bond donors (Lipinski definition) is 2. The molecule has 0 aromatic heterocycles. The second-order valence-corrected chi connectivity index (χ2v) is 5.35. The van der Waals surface area contributed by atoms with Gasteiger partial charge in [0.05, 0.1) is 18.4 Å². The lowest BCUT2D eigenvalue weighted by Gasteiger charge is -2.15. The fourth-order valence-electron chi connectivity index (χ4n) is 1.92. The highest BCUT2D eigenvalue weighted by atomic mass is 35.5. The molecule has 1 fully saturated rings. The van der Waals surface area contributed by atoms with Crippen molar-refractivity contribution in [2.75, 3.05) is 6.54 Å². The standard InChI is InChI=1S/C14H16ClNO4/c1-8(20-10-4-2-9(15)3-5-10)7-16-13(17)11-6-12(11)14(18)19/h2-5,8,11-12H,6-7H2,1H3,(H,16,17)(H,18,19). The van der Waals surface area contributed by atoms with E-state index in [9.17, 15) is 9.59 Å². The zero-order chi connectivity index (χ0) is 14.7. The van der Waals surface area contributed by atoms with E-state index in [1.54, 1.807) is 24.3 Å². The first-order valence-electron chi connectivity index (χ1n) is 6.40. The number of carbonyl (C=O) groups is 2.